The molecule has 18 heavy (non-hydrogen) atoms. The molecule has 0 saturated carbocycles. The molecule has 100 valence electrons. The molecule has 0 aliphatic carbocycles. The van der Waals surface area contributed by atoms with Gasteiger partial charge in [-0.3, -0.25) is 9.59 Å². The van der Waals surface area contributed by atoms with E-state index in [1.807, 2.05) is 13.8 Å². The molecule has 1 atom stereocenters. The van der Waals surface area contributed by atoms with E-state index >= 15 is 0 Å². The fraction of sp³-hybridized carbons (Fsp3) is 0.538. The molecular formula is C13H20N2O3. The molecule has 0 aliphatic heterocycles. The fourth-order valence-electron chi connectivity index (χ4n) is 1.78. The van der Waals surface area contributed by atoms with Gasteiger partial charge in [0.25, 0.3) is 5.91 Å². The molecule has 0 aromatic carbocycles. The number of aromatic amines is 1. The van der Waals surface area contributed by atoms with Crippen molar-refractivity contribution >= 4 is 5.91 Å². The van der Waals surface area contributed by atoms with Gasteiger partial charge in [0.1, 0.15) is 0 Å². The summed E-state index contributed by atoms with van der Waals surface area (Å²) in [5, 5.41) is 11.8. The molecule has 0 bridgehead atoms. The fourth-order valence-corrected chi connectivity index (χ4v) is 1.78. The molecule has 0 aliphatic rings. The molecule has 0 fully saturated rings. The average Bonchev–Trinajstić information content (AvgIpc) is 2.27. The van der Waals surface area contributed by atoms with Crippen LogP contribution < -0.4 is 10.9 Å². The molecule has 1 heterocycles. The second-order valence-corrected chi connectivity index (χ2v) is 4.73. The number of aryl methyl sites for hydroxylation is 1. The number of amides is 1. The Morgan fingerprint density at radius 1 is 1.50 bits per heavy atom. The first-order chi connectivity index (χ1) is 8.45. The number of aliphatic hydroxyl groups is 1. The van der Waals surface area contributed by atoms with Crippen molar-refractivity contribution in [2.75, 3.05) is 6.61 Å². The Morgan fingerprint density at radius 3 is 2.67 bits per heavy atom. The van der Waals surface area contributed by atoms with E-state index in [-0.39, 0.29) is 30.0 Å². The third-order valence-corrected chi connectivity index (χ3v) is 2.94. The van der Waals surface area contributed by atoms with E-state index in [9.17, 15) is 9.59 Å². The summed E-state index contributed by atoms with van der Waals surface area (Å²) in [6.07, 6.45) is 1.94. The summed E-state index contributed by atoms with van der Waals surface area (Å²) in [5.41, 5.74) is 0.876. The van der Waals surface area contributed by atoms with Gasteiger partial charge in [0.15, 0.2) is 0 Å². The minimum Gasteiger partial charge on any atom is -0.396 e. The minimum absolute atomic E-state index is 0.0354. The van der Waals surface area contributed by atoms with Crippen LogP contribution in [-0.4, -0.2) is 28.6 Å². The van der Waals surface area contributed by atoms with Gasteiger partial charge in [-0.1, -0.05) is 13.8 Å². The lowest BCUT2D eigenvalue weighted by atomic mass is 10.0. The van der Waals surface area contributed by atoms with Crippen molar-refractivity contribution in [2.45, 2.75) is 33.2 Å². The van der Waals surface area contributed by atoms with Crippen molar-refractivity contribution in [1.82, 2.24) is 10.3 Å². The standard InChI is InChI=1S/C13H20N2O3/c1-8(2)11(4-5-16)15-13(18)10-7-14-12(17)6-9(10)3/h6-8,11,16H,4-5H2,1-3H3,(H,14,17)(H,15,18). The number of hydrogen-bond acceptors (Lipinski definition) is 3. The number of rotatable bonds is 5. The third-order valence-electron chi connectivity index (χ3n) is 2.94. The summed E-state index contributed by atoms with van der Waals surface area (Å²) < 4.78 is 0. The zero-order valence-corrected chi connectivity index (χ0v) is 11.0. The van der Waals surface area contributed by atoms with E-state index in [1.54, 1.807) is 6.92 Å². The lowest BCUT2D eigenvalue weighted by Gasteiger charge is -2.21. The number of carbonyl (C=O) groups excluding carboxylic acids is 1. The molecule has 1 unspecified atom stereocenters. The average molecular weight is 252 g/mol. The Morgan fingerprint density at radius 2 is 2.17 bits per heavy atom. The van der Waals surface area contributed by atoms with Crippen molar-refractivity contribution in [3.63, 3.8) is 0 Å². The van der Waals surface area contributed by atoms with Crippen molar-refractivity contribution in [3.8, 4) is 0 Å². The van der Waals surface area contributed by atoms with Crippen LogP contribution in [0, 0.1) is 12.8 Å². The summed E-state index contributed by atoms with van der Waals surface area (Å²) in [5.74, 6) is 0.0140. The number of pyridine rings is 1. The number of carbonyl (C=O) groups is 1. The summed E-state index contributed by atoms with van der Waals surface area (Å²) in [6, 6.07) is 1.32. The molecule has 1 amide bonds. The lowest BCUT2D eigenvalue weighted by molar-refractivity contribution is 0.0915. The van der Waals surface area contributed by atoms with Crippen LogP contribution >= 0.6 is 0 Å². The summed E-state index contributed by atoms with van der Waals surface area (Å²) in [4.78, 5) is 25.6. The first-order valence-electron chi connectivity index (χ1n) is 6.06. The molecular weight excluding hydrogens is 232 g/mol. The van der Waals surface area contributed by atoms with Crippen molar-refractivity contribution in [1.29, 1.82) is 0 Å². The van der Waals surface area contributed by atoms with E-state index in [0.29, 0.717) is 17.5 Å². The van der Waals surface area contributed by atoms with Crippen molar-refractivity contribution in [3.05, 3.63) is 33.7 Å². The normalized spacial score (nSPS) is 12.5. The Bertz CT molecular complexity index is 466. The highest BCUT2D eigenvalue weighted by Crippen LogP contribution is 2.09. The Hall–Kier alpha value is -1.62. The van der Waals surface area contributed by atoms with Gasteiger partial charge in [-0.15, -0.1) is 0 Å². The van der Waals surface area contributed by atoms with Gasteiger partial charge < -0.3 is 15.4 Å². The van der Waals surface area contributed by atoms with Crippen LogP contribution in [-0.2, 0) is 0 Å². The van der Waals surface area contributed by atoms with Crippen molar-refractivity contribution in [2.24, 2.45) is 5.92 Å². The highest BCUT2D eigenvalue weighted by molar-refractivity contribution is 5.95. The number of aromatic nitrogens is 1. The van der Waals surface area contributed by atoms with Gasteiger partial charge in [0.05, 0.1) is 5.56 Å². The molecule has 0 radical (unpaired) electrons. The molecule has 1 aromatic heterocycles. The Balaban J connectivity index is 2.83. The second-order valence-electron chi connectivity index (χ2n) is 4.73. The number of nitrogens with one attached hydrogen (secondary N) is 2. The Labute approximate surface area is 106 Å². The van der Waals surface area contributed by atoms with Crippen LogP contribution in [0.1, 0.15) is 36.2 Å². The zero-order chi connectivity index (χ0) is 13.7. The van der Waals surface area contributed by atoms with Crippen LogP contribution in [0.5, 0.6) is 0 Å². The van der Waals surface area contributed by atoms with Crippen molar-refractivity contribution < 1.29 is 9.90 Å². The van der Waals surface area contributed by atoms with Gasteiger partial charge in [-0.25, -0.2) is 0 Å². The minimum atomic E-state index is -0.226. The second kappa shape index (κ2) is 6.35. The SMILES string of the molecule is Cc1cc(=O)[nH]cc1C(=O)NC(CCO)C(C)C. The summed E-state index contributed by atoms with van der Waals surface area (Å²) in [6.45, 7) is 5.73. The van der Waals surface area contributed by atoms with Gasteiger partial charge >= 0.3 is 0 Å². The van der Waals surface area contributed by atoms with E-state index in [0.717, 1.165) is 0 Å². The van der Waals surface area contributed by atoms with Gasteiger partial charge in [0, 0.05) is 24.9 Å². The molecule has 5 heteroatoms. The number of H-pyrrole nitrogens is 1. The van der Waals surface area contributed by atoms with Gasteiger partial charge in [-0.05, 0) is 24.8 Å². The van der Waals surface area contributed by atoms with Crippen LogP contribution in [0.2, 0.25) is 0 Å². The van der Waals surface area contributed by atoms with Crippen LogP contribution in [0.3, 0.4) is 0 Å². The highest BCUT2D eigenvalue weighted by atomic mass is 16.3. The lowest BCUT2D eigenvalue weighted by Crippen LogP contribution is -2.39. The summed E-state index contributed by atoms with van der Waals surface area (Å²) >= 11 is 0. The third kappa shape index (κ3) is 3.70. The van der Waals surface area contributed by atoms with E-state index < -0.39 is 0 Å². The molecule has 1 rings (SSSR count). The largest absolute Gasteiger partial charge is 0.396 e. The van der Waals surface area contributed by atoms with Crippen LogP contribution in [0.15, 0.2) is 17.1 Å². The van der Waals surface area contributed by atoms with Crippen LogP contribution in [0.25, 0.3) is 0 Å². The monoisotopic (exact) mass is 252 g/mol. The first kappa shape index (κ1) is 14.4. The molecule has 3 N–H and O–H groups in total. The maximum atomic E-state index is 12.1. The smallest absolute Gasteiger partial charge is 0.253 e. The molecule has 0 saturated heterocycles. The van der Waals surface area contributed by atoms with Gasteiger partial charge in [-0.2, -0.15) is 0 Å². The predicted molar refractivity (Wildman–Crippen MR) is 69.6 cm³/mol. The first-order valence-corrected chi connectivity index (χ1v) is 6.06. The van der Waals surface area contributed by atoms with E-state index in [1.165, 1.54) is 12.3 Å². The van der Waals surface area contributed by atoms with Gasteiger partial charge in [0.2, 0.25) is 5.56 Å². The topological polar surface area (TPSA) is 82.2 Å². The number of hydrogen-bond donors (Lipinski definition) is 3. The van der Waals surface area contributed by atoms with E-state index in [4.69, 9.17) is 5.11 Å². The molecule has 5 nitrogen and oxygen atoms in total. The summed E-state index contributed by atoms with van der Waals surface area (Å²) in [7, 11) is 0. The Kier molecular flexibility index (Phi) is 5.09. The maximum absolute atomic E-state index is 12.1. The molecule has 1 aromatic rings. The highest BCUT2D eigenvalue weighted by Gasteiger charge is 2.17. The molecule has 0 spiro atoms. The maximum Gasteiger partial charge on any atom is 0.253 e. The van der Waals surface area contributed by atoms with E-state index in [2.05, 4.69) is 10.3 Å². The zero-order valence-electron chi connectivity index (χ0n) is 11.0. The van der Waals surface area contributed by atoms with Crippen LogP contribution in [0.4, 0.5) is 0 Å². The number of aliphatic hydroxyl groups excluding tert-OH is 1. The quantitative estimate of drug-likeness (QED) is 0.725. The predicted octanol–water partition coefficient (Wildman–Crippen LogP) is 0.820.